The van der Waals surface area contributed by atoms with Gasteiger partial charge in [-0.2, -0.15) is 5.10 Å². The van der Waals surface area contributed by atoms with Gasteiger partial charge in [-0.3, -0.25) is 9.89 Å². The second kappa shape index (κ2) is 7.02. The third-order valence-electron chi connectivity index (χ3n) is 3.56. The van der Waals surface area contributed by atoms with E-state index in [4.69, 9.17) is 0 Å². The van der Waals surface area contributed by atoms with E-state index in [2.05, 4.69) is 25.5 Å². The molecule has 0 aliphatic rings. The fraction of sp³-hybridized carbons (Fsp3) is 0.467. The van der Waals surface area contributed by atoms with Crippen LogP contribution in [-0.4, -0.2) is 51.1 Å². The molecule has 2 aromatic heterocycles. The summed E-state index contributed by atoms with van der Waals surface area (Å²) in [5.41, 5.74) is 3.69. The molecule has 118 valence electrons. The van der Waals surface area contributed by atoms with Crippen molar-refractivity contribution in [3.8, 4) is 0 Å². The Bertz CT molecular complexity index is 614. The van der Waals surface area contributed by atoms with E-state index in [0.717, 1.165) is 24.4 Å². The molecule has 2 heterocycles. The molecule has 7 nitrogen and oxygen atoms in total. The van der Waals surface area contributed by atoms with Gasteiger partial charge >= 0.3 is 0 Å². The van der Waals surface area contributed by atoms with Crippen LogP contribution in [0.25, 0.3) is 0 Å². The van der Waals surface area contributed by atoms with Gasteiger partial charge in [-0.05, 0) is 32.8 Å². The van der Waals surface area contributed by atoms with Crippen LogP contribution in [-0.2, 0) is 6.42 Å². The summed E-state index contributed by atoms with van der Waals surface area (Å²) in [6.07, 6.45) is 3.88. The summed E-state index contributed by atoms with van der Waals surface area (Å²) >= 11 is 0. The van der Waals surface area contributed by atoms with Crippen molar-refractivity contribution in [1.82, 2.24) is 25.1 Å². The van der Waals surface area contributed by atoms with E-state index in [1.54, 1.807) is 24.3 Å². The van der Waals surface area contributed by atoms with Gasteiger partial charge in [0.05, 0.1) is 11.3 Å². The summed E-state index contributed by atoms with van der Waals surface area (Å²) in [7, 11) is 1.78. The van der Waals surface area contributed by atoms with Crippen LogP contribution < -0.4 is 5.32 Å². The maximum atomic E-state index is 12.3. The third-order valence-corrected chi connectivity index (χ3v) is 3.56. The molecular formula is C15H22N6O. The Kier molecular flexibility index (Phi) is 5.08. The Balaban J connectivity index is 1.97. The van der Waals surface area contributed by atoms with E-state index in [0.29, 0.717) is 18.1 Å². The van der Waals surface area contributed by atoms with Crippen LogP contribution in [0.2, 0.25) is 0 Å². The van der Waals surface area contributed by atoms with Gasteiger partial charge in [-0.1, -0.05) is 0 Å². The first-order chi connectivity index (χ1) is 10.5. The molecule has 0 spiro atoms. The molecule has 0 saturated heterocycles. The van der Waals surface area contributed by atoms with Crippen molar-refractivity contribution < 1.29 is 4.79 Å². The molecule has 22 heavy (non-hydrogen) atoms. The number of carbonyl (C=O) groups excluding carboxylic acids is 1. The van der Waals surface area contributed by atoms with Crippen molar-refractivity contribution in [2.24, 2.45) is 0 Å². The number of hydrogen-bond donors (Lipinski definition) is 2. The van der Waals surface area contributed by atoms with Gasteiger partial charge in [0.25, 0.3) is 5.91 Å². The van der Waals surface area contributed by atoms with Crippen LogP contribution >= 0.6 is 0 Å². The number of aryl methyl sites for hydroxylation is 2. The fourth-order valence-corrected chi connectivity index (χ4v) is 2.23. The summed E-state index contributed by atoms with van der Waals surface area (Å²) in [6.45, 7) is 7.29. The van der Waals surface area contributed by atoms with Gasteiger partial charge in [0.1, 0.15) is 0 Å². The highest BCUT2D eigenvalue weighted by molar-refractivity contribution is 5.93. The summed E-state index contributed by atoms with van der Waals surface area (Å²) in [5.74, 6) is 0.452. The lowest BCUT2D eigenvalue weighted by Crippen LogP contribution is -2.29. The smallest absolute Gasteiger partial charge is 0.256 e. The number of rotatable bonds is 6. The minimum Gasteiger partial charge on any atom is -0.355 e. The fourth-order valence-electron chi connectivity index (χ4n) is 2.23. The van der Waals surface area contributed by atoms with E-state index in [1.165, 1.54) is 5.56 Å². The molecule has 2 aromatic rings. The molecule has 0 saturated carbocycles. The predicted octanol–water partition coefficient (Wildman–Crippen LogP) is 1.56. The molecule has 0 aromatic carbocycles. The summed E-state index contributed by atoms with van der Waals surface area (Å²) in [6, 6.07) is 0. The van der Waals surface area contributed by atoms with E-state index in [1.807, 2.05) is 20.8 Å². The van der Waals surface area contributed by atoms with E-state index < -0.39 is 0 Å². The van der Waals surface area contributed by atoms with Crippen LogP contribution in [0.15, 0.2) is 12.4 Å². The SMILES string of the molecule is CCNc1ncc(C(=O)N(C)CCc2c(C)n[nH]c2C)cn1. The van der Waals surface area contributed by atoms with Crippen molar-refractivity contribution in [3.63, 3.8) is 0 Å². The van der Waals surface area contributed by atoms with Crippen molar-refractivity contribution in [1.29, 1.82) is 0 Å². The Morgan fingerprint density at radius 1 is 1.32 bits per heavy atom. The molecule has 2 N–H and O–H groups in total. The summed E-state index contributed by atoms with van der Waals surface area (Å²) < 4.78 is 0. The largest absolute Gasteiger partial charge is 0.355 e. The highest BCUT2D eigenvalue weighted by atomic mass is 16.2. The predicted molar refractivity (Wildman–Crippen MR) is 84.9 cm³/mol. The Hall–Kier alpha value is -2.44. The number of H-pyrrole nitrogens is 1. The number of amides is 1. The van der Waals surface area contributed by atoms with Gasteiger partial charge < -0.3 is 10.2 Å². The monoisotopic (exact) mass is 302 g/mol. The first-order valence-electron chi connectivity index (χ1n) is 7.34. The molecule has 2 rings (SSSR count). The average Bonchev–Trinajstić information content (AvgIpc) is 2.84. The van der Waals surface area contributed by atoms with E-state index in [-0.39, 0.29) is 5.91 Å². The second-order valence-corrected chi connectivity index (χ2v) is 5.21. The summed E-state index contributed by atoms with van der Waals surface area (Å²) in [5, 5.41) is 10.1. The van der Waals surface area contributed by atoms with Crippen molar-refractivity contribution in [2.45, 2.75) is 27.2 Å². The Labute approximate surface area is 130 Å². The maximum absolute atomic E-state index is 12.3. The Morgan fingerprint density at radius 3 is 2.55 bits per heavy atom. The molecule has 0 fully saturated rings. The van der Waals surface area contributed by atoms with Crippen molar-refractivity contribution in [2.75, 3.05) is 25.5 Å². The van der Waals surface area contributed by atoms with Crippen LogP contribution in [0.5, 0.6) is 0 Å². The molecule has 0 atom stereocenters. The van der Waals surface area contributed by atoms with Gasteiger partial charge in [-0.25, -0.2) is 9.97 Å². The molecule has 0 bridgehead atoms. The number of aromatic nitrogens is 4. The lowest BCUT2D eigenvalue weighted by molar-refractivity contribution is 0.0795. The first-order valence-corrected chi connectivity index (χ1v) is 7.34. The standard InChI is InChI=1S/C15H22N6O/c1-5-16-15-17-8-12(9-18-15)14(22)21(4)7-6-13-10(2)19-20-11(13)3/h8-9H,5-7H2,1-4H3,(H,19,20)(H,16,17,18). The van der Waals surface area contributed by atoms with Crippen molar-refractivity contribution >= 4 is 11.9 Å². The zero-order valence-corrected chi connectivity index (χ0v) is 13.5. The number of aromatic amines is 1. The van der Waals surface area contributed by atoms with Crippen LogP contribution in [0.3, 0.4) is 0 Å². The number of hydrogen-bond acceptors (Lipinski definition) is 5. The molecule has 0 aliphatic heterocycles. The highest BCUT2D eigenvalue weighted by Crippen LogP contribution is 2.11. The average molecular weight is 302 g/mol. The zero-order chi connectivity index (χ0) is 16.1. The van der Waals surface area contributed by atoms with Gasteiger partial charge in [0, 0.05) is 38.2 Å². The molecule has 0 aliphatic carbocycles. The lowest BCUT2D eigenvalue weighted by Gasteiger charge is -2.17. The Morgan fingerprint density at radius 2 is 2.00 bits per heavy atom. The van der Waals surface area contributed by atoms with Crippen LogP contribution in [0.1, 0.15) is 34.2 Å². The van der Waals surface area contributed by atoms with Crippen molar-refractivity contribution in [3.05, 3.63) is 34.9 Å². The summed E-state index contributed by atoms with van der Waals surface area (Å²) in [4.78, 5) is 22.3. The zero-order valence-electron chi connectivity index (χ0n) is 13.5. The van der Waals surface area contributed by atoms with Gasteiger partial charge in [0.15, 0.2) is 0 Å². The number of carbonyl (C=O) groups is 1. The molecule has 1 amide bonds. The number of nitrogens with zero attached hydrogens (tertiary/aromatic N) is 4. The minimum atomic E-state index is -0.0816. The quantitative estimate of drug-likeness (QED) is 0.845. The third kappa shape index (κ3) is 3.60. The van der Waals surface area contributed by atoms with E-state index >= 15 is 0 Å². The van der Waals surface area contributed by atoms with Crippen LogP contribution in [0, 0.1) is 13.8 Å². The van der Waals surface area contributed by atoms with E-state index in [9.17, 15) is 4.79 Å². The topological polar surface area (TPSA) is 86.8 Å². The lowest BCUT2D eigenvalue weighted by atomic mass is 10.1. The molecule has 0 unspecified atom stereocenters. The normalized spacial score (nSPS) is 10.5. The number of likely N-dealkylation sites (N-methyl/N-ethyl adjacent to an activating group) is 1. The first kappa shape index (κ1) is 15.9. The maximum Gasteiger partial charge on any atom is 0.256 e. The molecule has 7 heteroatoms. The molecule has 0 radical (unpaired) electrons. The van der Waals surface area contributed by atoms with Crippen LogP contribution in [0.4, 0.5) is 5.95 Å². The van der Waals surface area contributed by atoms with Gasteiger partial charge in [-0.15, -0.1) is 0 Å². The van der Waals surface area contributed by atoms with Gasteiger partial charge in [0.2, 0.25) is 5.95 Å². The number of nitrogens with one attached hydrogen (secondary N) is 2. The molecular weight excluding hydrogens is 280 g/mol. The second-order valence-electron chi connectivity index (χ2n) is 5.21. The number of anilines is 1. The highest BCUT2D eigenvalue weighted by Gasteiger charge is 2.14. The minimum absolute atomic E-state index is 0.0816.